The van der Waals surface area contributed by atoms with Gasteiger partial charge in [-0.15, -0.1) is 0 Å². The lowest BCUT2D eigenvalue weighted by Gasteiger charge is -2.26. The van der Waals surface area contributed by atoms with Crippen LogP contribution in [0.3, 0.4) is 0 Å². The van der Waals surface area contributed by atoms with Crippen LogP contribution in [-0.4, -0.2) is 31.5 Å². The monoisotopic (exact) mass is 342 g/mol. The van der Waals surface area contributed by atoms with Crippen molar-refractivity contribution in [1.82, 2.24) is 0 Å². The molecule has 4 heteroatoms. The summed E-state index contributed by atoms with van der Waals surface area (Å²) < 4.78 is 11.3. The molecule has 0 aliphatic heterocycles. The Morgan fingerprint density at radius 1 is 1.20 bits per heavy atom. The van der Waals surface area contributed by atoms with Crippen LogP contribution >= 0.6 is 0 Å². The zero-order chi connectivity index (χ0) is 17.5. The van der Waals surface area contributed by atoms with E-state index >= 15 is 0 Å². The highest BCUT2D eigenvalue weighted by molar-refractivity contribution is 5.31. The number of aryl methyl sites for hydroxylation is 1. The first-order valence-electron chi connectivity index (χ1n) is 9.08. The normalized spacial score (nSPS) is 17.8. The average Bonchev–Trinajstić information content (AvgIpc) is 2.66. The molecule has 0 saturated heterocycles. The molecule has 134 valence electrons. The maximum atomic E-state index is 10.2. The lowest BCUT2D eigenvalue weighted by molar-refractivity contribution is -0.676. The highest BCUT2D eigenvalue weighted by Gasteiger charge is 2.21. The minimum atomic E-state index is -0.459. The fourth-order valence-corrected chi connectivity index (χ4v) is 3.42. The summed E-state index contributed by atoms with van der Waals surface area (Å²) in [5.74, 6) is 0.866. The van der Waals surface area contributed by atoms with E-state index in [0.29, 0.717) is 13.2 Å². The van der Waals surface area contributed by atoms with Crippen molar-refractivity contribution in [3.8, 4) is 5.75 Å². The minimum Gasteiger partial charge on any atom is -0.497 e. The Kier molecular flexibility index (Phi) is 6.45. The van der Waals surface area contributed by atoms with Gasteiger partial charge in [-0.25, -0.2) is 0 Å². The SMILES string of the molecule is COc1cccc(C[NH2+]C[C@H](O)CO[C@@H]2CCCc3ccccc32)c1. The lowest BCUT2D eigenvalue weighted by Crippen LogP contribution is -2.85. The molecule has 0 heterocycles. The molecule has 0 amide bonds. The zero-order valence-corrected chi connectivity index (χ0v) is 14.9. The minimum absolute atomic E-state index is 0.123. The Labute approximate surface area is 149 Å². The van der Waals surface area contributed by atoms with E-state index in [2.05, 4.69) is 35.6 Å². The van der Waals surface area contributed by atoms with E-state index in [0.717, 1.165) is 31.6 Å². The van der Waals surface area contributed by atoms with Crippen molar-refractivity contribution in [1.29, 1.82) is 0 Å². The molecule has 3 rings (SSSR count). The molecule has 3 N–H and O–H groups in total. The second-order valence-electron chi connectivity index (χ2n) is 6.65. The number of aliphatic hydroxyl groups is 1. The van der Waals surface area contributed by atoms with E-state index in [9.17, 15) is 5.11 Å². The fourth-order valence-electron chi connectivity index (χ4n) is 3.42. The third kappa shape index (κ3) is 5.05. The Balaban J connectivity index is 1.42. The van der Waals surface area contributed by atoms with Crippen molar-refractivity contribution in [3.05, 3.63) is 65.2 Å². The van der Waals surface area contributed by atoms with E-state index in [1.165, 1.54) is 16.7 Å². The van der Waals surface area contributed by atoms with Gasteiger partial charge in [0.15, 0.2) is 0 Å². The Bertz CT molecular complexity index is 674. The van der Waals surface area contributed by atoms with Crippen molar-refractivity contribution in [3.63, 3.8) is 0 Å². The van der Waals surface area contributed by atoms with Crippen molar-refractivity contribution in [2.24, 2.45) is 0 Å². The molecule has 2 aromatic rings. The molecule has 0 fully saturated rings. The van der Waals surface area contributed by atoms with Gasteiger partial charge >= 0.3 is 0 Å². The second-order valence-corrected chi connectivity index (χ2v) is 6.65. The highest BCUT2D eigenvalue weighted by atomic mass is 16.5. The van der Waals surface area contributed by atoms with Crippen LogP contribution in [0, 0.1) is 0 Å². The number of methoxy groups -OCH3 is 1. The molecule has 0 saturated carbocycles. The summed E-state index contributed by atoms with van der Waals surface area (Å²) in [6.07, 6.45) is 2.99. The van der Waals surface area contributed by atoms with Gasteiger partial charge in [-0.2, -0.15) is 0 Å². The van der Waals surface area contributed by atoms with E-state index in [-0.39, 0.29) is 6.10 Å². The van der Waals surface area contributed by atoms with E-state index in [1.807, 2.05) is 18.2 Å². The summed E-state index contributed by atoms with van der Waals surface area (Å²) in [7, 11) is 1.67. The van der Waals surface area contributed by atoms with Gasteiger partial charge in [-0.05, 0) is 42.5 Å². The molecule has 1 aliphatic rings. The molecule has 0 radical (unpaired) electrons. The van der Waals surface area contributed by atoms with Crippen molar-refractivity contribution < 1.29 is 19.9 Å². The van der Waals surface area contributed by atoms with Crippen LogP contribution in [0.5, 0.6) is 5.75 Å². The predicted molar refractivity (Wildman–Crippen MR) is 97.6 cm³/mol. The number of quaternary nitrogens is 1. The Morgan fingerprint density at radius 3 is 2.96 bits per heavy atom. The predicted octanol–water partition coefficient (Wildman–Crippen LogP) is 2.21. The molecule has 25 heavy (non-hydrogen) atoms. The smallest absolute Gasteiger partial charge is 0.126 e. The lowest BCUT2D eigenvalue weighted by atomic mass is 9.89. The molecule has 2 atom stereocenters. The van der Waals surface area contributed by atoms with Gasteiger partial charge in [0.2, 0.25) is 0 Å². The number of benzene rings is 2. The first-order chi connectivity index (χ1) is 12.3. The van der Waals surface area contributed by atoms with Crippen LogP contribution in [0.2, 0.25) is 0 Å². The molecule has 4 nitrogen and oxygen atoms in total. The topological polar surface area (TPSA) is 55.3 Å². The third-order valence-electron chi connectivity index (χ3n) is 4.76. The molecular formula is C21H28NO3+. The summed E-state index contributed by atoms with van der Waals surface area (Å²) >= 11 is 0. The van der Waals surface area contributed by atoms with Crippen LogP contribution in [-0.2, 0) is 17.7 Å². The molecule has 0 unspecified atom stereocenters. The van der Waals surface area contributed by atoms with Gasteiger partial charge in [0, 0.05) is 5.56 Å². The van der Waals surface area contributed by atoms with E-state index < -0.39 is 6.10 Å². The van der Waals surface area contributed by atoms with Gasteiger partial charge in [-0.1, -0.05) is 36.4 Å². The molecule has 1 aliphatic carbocycles. The van der Waals surface area contributed by atoms with Crippen LogP contribution in [0.1, 0.15) is 35.6 Å². The number of rotatable bonds is 8. The third-order valence-corrected chi connectivity index (χ3v) is 4.76. The summed E-state index contributed by atoms with van der Waals surface area (Å²) in [5.41, 5.74) is 3.87. The summed E-state index contributed by atoms with van der Waals surface area (Å²) in [4.78, 5) is 0. The number of fused-ring (bicyclic) bond motifs is 1. The number of hydrogen-bond donors (Lipinski definition) is 2. The Morgan fingerprint density at radius 2 is 2.08 bits per heavy atom. The van der Waals surface area contributed by atoms with Gasteiger partial charge in [0.05, 0.1) is 19.8 Å². The van der Waals surface area contributed by atoms with Crippen LogP contribution in [0.25, 0.3) is 0 Å². The van der Waals surface area contributed by atoms with Gasteiger partial charge in [0.1, 0.15) is 24.9 Å². The van der Waals surface area contributed by atoms with Crippen molar-refractivity contribution in [2.75, 3.05) is 20.3 Å². The van der Waals surface area contributed by atoms with Gasteiger partial charge < -0.3 is 19.9 Å². The van der Waals surface area contributed by atoms with E-state index in [4.69, 9.17) is 9.47 Å². The second kappa shape index (κ2) is 8.99. The maximum absolute atomic E-state index is 10.2. The first-order valence-corrected chi connectivity index (χ1v) is 9.08. The van der Waals surface area contributed by atoms with Crippen molar-refractivity contribution in [2.45, 2.75) is 38.0 Å². The number of hydrogen-bond acceptors (Lipinski definition) is 3. The standard InChI is InChI=1S/C21H27NO3/c1-24-19-9-4-6-16(12-19)13-22-14-18(23)15-25-21-11-5-8-17-7-2-3-10-20(17)21/h2-4,6-7,9-10,12,18,21-23H,5,8,11,13-15H2,1H3/p+1/t18-,21+/m0/s1. The molecule has 0 bridgehead atoms. The number of aliphatic hydroxyl groups excluding tert-OH is 1. The van der Waals surface area contributed by atoms with Crippen LogP contribution in [0.4, 0.5) is 0 Å². The fraction of sp³-hybridized carbons (Fsp3) is 0.429. The summed E-state index contributed by atoms with van der Waals surface area (Å²) in [6.45, 7) is 1.83. The maximum Gasteiger partial charge on any atom is 0.126 e. The largest absolute Gasteiger partial charge is 0.497 e. The number of nitrogens with two attached hydrogens (primary N) is 1. The molecule has 0 aromatic heterocycles. The number of ether oxygens (including phenoxy) is 2. The van der Waals surface area contributed by atoms with E-state index in [1.54, 1.807) is 7.11 Å². The molecule has 2 aromatic carbocycles. The Hall–Kier alpha value is -1.88. The summed E-state index contributed by atoms with van der Waals surface area (Å²) in [5, 5.41) is 12.3. The molecule has 0 spiro atoms. The van der Waals surface area contributed by atoms with Crippen molar-refractivity contribution >= 4 is 0 Å². The van der Waals surface area contributed by atoms with Crippen LogP contribution < -0.4 is 10.1 Å². The summed E-state index contributed by atoms with van der Waals surface area (Å²) in [6, 6.07) is 16.5. The highest BCUT2D eigenvalue weighted by Crippen LogP contribution is 2.32. The van der Waals surface area contributed by atoms with Gasteiger partial charge in [0.25, 0.3) is 0 Å². The zero-order valence-electron chi connectivity index (χ0n) is 14.9. The quantitative estimate of drug-likeness (QED) is 0.773. The van der Waals surface area contributed by atoms with Gasteiger partial charge in [-0.3, -0.25) is 0 Å². The molecular weight excluding hydrogens is 314 g/mol. The van der Waals surface area contributed by atoms with Crippen LogP contribution in [0.15, 0.2) is 48.5 Å². The average molecular weight is 342 g/mol. The first kappa shape index (κ1) is 17.9.